The molecule has 6 heteroatoms. The number of benzene rings is 1. The number of hydrogen-bond acceptors (Lipinski definition) is 4. The van der Waals surface area contributed by atoms with E-state index in [2.05, 4.69) is 4.90 Å². The summed E-state index contributed by atoms with van der Waals surface area (Å²) in [5.74, 6) is 0.537. The summed E-state index contributed by atoms with van der Waals surface area (Å²) in [6, 6.07) is 9.68. The molecule has 0 saturated carbocycles. The highest BCUT2D eigenvalue weighted by Gasteiger charge is 2.27. The first kappa shape index (κ1) is 17.5. The summed E-state index contributed by atoms with van der Waals surface area (Å²) in [5, 5.41) is 1.04. The van der Waals surface area contributed by atoms with Crippen LogP contribution in [0.4, 0.5) is 0 Å². The number of primary amides is 1. The number of carbonyl (C=O) groups excluding carboxylic acids is 2. The van der Waals surface area contributed by atoms with Gasteiger partial charge in [0.1, 0.15) is 11.3 Å². The second kappa shape index (κ2) is 7.27. The highest BCUT2D eigenvalue weighted by molar-refractivity contribution is 5.80. The van der Waals surface area contributed by atoms with E-state index >= 15 is 0 Å². The average molecular weight is 343 g/mol. The van der Waals surface area contributed by atoms with Gasteiger partial charge in [0.15, 0.2) is 0 Å². The highest BCUT2D eigenvalue weighted by atomic mass is 16.3. The Hall–Kier alpha value is -2.34. The van der Waals surface area contributed by atoms with Gasteiger partial charge in [-0.2, -0.15) is 0 Å². The van der Waals surface area contributed by atoms with Crippen LogP contribution in [0.3, 0.4) is 0 Å². The van der Waals surface area contributed by atoms with Crippen LogP contribution >= 0.6 is 0 Å². The first-order valence-electron chi connectivity index (χ1n) is 8.71. The molecule has 1 saturated heterocycles. The Bertz CT molecular complexity index is 729. The zero-order chi connectivity index (χ0) is 18.0. The van der Waals surface area contributed by atoms with Gasteiger partial charge in [-0.1, -0.05) is 18.2 Å². The van der Waals surface area contributed by atoms with Crippen LogP contribution in [0.5, 0.6) is 0 Å². The number of nitrogens with zero attached hydrogens (tertiary/aromatic N) is 2. The zero-order valence-corrected chi connectivity index (χ0v) is 14.8. The van der Waals surface area contributed by atoms with Crippen molar-refractivity contribution < 1.29 is 14.0 Å². The molecule has 1 aromatic heterocycles. The number of amides is 2. The lowest BCUT2D eigenvalue weighted by Crippen LogP contribution is -2.44. The monoisotopic (exact) mass is 343 g/mol. The van der Waals surface area contributed by atoms with E-state index in [1.807, 2.05) is 37.3 Å². The molecular formula is C19H25N3O3. The molecule has 0 bridgehead atoms. The Morgan fingerprint density at radius 2 is 2.00 bits per heavy atom. The second-order valence-electron chi connectivity index (χ2n) is 6.82. The van der Waals surface area contributed by atoms with E-state index in [0.717, 1.165) is 42.7 Å². The Labute approximate surface area is 147 Å². The van der Waals surface area contributed by atoms with Crippen molar-refractivity contribution in [1.29, 1.82) is 0 Å². The number of likely N-dealkylation sites (N-methyl/N-ethyl adjacent to an activating group) is 1. The molecule has 1 fully saturated rings. The molecule has 3 rings (SSSR count). The topological polar surface area (TPSA) is 79.8 Å². The molecule has 2 N–H and O–H groups in total. The number of fused-ring (bicyclic) bond motifs is 1. The minimum atomic E-state index is -0.235. The lowest BCUT2D eigenvalue weighted by Gasteiger charge is -2.32. The summed E-state index contributed by atoms with van der Waals surface area (Å²) >= 11 is 0. The molecular weight excluding hydrogens is 318 g/mol. The third kappa shape index (κ3) is 3.85. The van der Waals surface area contributed by atoms with E-state index in [4.69, 9.17) is 10.2 Å². The normalized spacial score (nSPS) is 17.5. The van der Waals surface area contributed by atoms with Crippen molar-refractivity contribution in [3.8, 4) is 0 Å². The van der Waals surface area contributed by atoms with Crippen LogP contribution in [0.2, 0.25) is 0 Å². The van der Waals surface area contributed by atoms with Crippen molar-refractivity contribution in [1.82, 2.24) is 9.80 Å². The van der Waals surface area contributed by atoms with Crippen LogP contribution in [0, 0.1) is 5.92 Å². The molecule has 1 aromatic carbocycles. The van der Waals surface area contributed by atoms with Crippen molar-refractivity contribution in [3.05, 3.63) is 36.1 Å². The fraction of sp³-hybridized carbons (Fsp3) is 0.474. The van der Waals surface area contributed by atoms with Crippen molar-refractivity contribution >= 4 is 22.8 Å². The average Bonchev–Trinajstić information content (AvgIpc) is 3.05. The van der Waals surface area contributed by atoms with Crippen molar-refractivity contribution in [2.45, 2.75) is 25.8 Å². The van der Waals surface area contributed by atoms with Gasteiger partial charge in [0.2, 0.25) is 11.8 Å². The third-order valence-electron chi connectivity index (χ3n) is 5.18. The molecule has 6 nitrogen and oxygen atoms in total. The molecule has 134 valence electrons. The number of rotatable bonds is 5. The van der Waals surface area contributed by atoms with Gasteiger partial charge in [0, 0.05) is 18.4 Å². The standard InChI is InChI=1S/C19H25N3O3/c1-13(17-11-15-5-3-4-6-16(15)25-17)21(2)18(23)12-22-9-7-14(8-10-22)19(20)24/h3-6,11,13-14H,7-10,12H2,1-2H3,(H2,20,24). The fourth-order valence-electron chi connectivity index (χ4n) is 3.29. The summed E-state index contributed by atoms with van der Waals surface area (Å²) in [6.45, 7) is 3.78. The van der Waals surface area contributed by atoms with Crippen molar-refractivity contribution in [3.63, 3.8) is 0 Å². The molecule has 2 aromatic rings. The quantitative estimate of drug-likeness (QED) is 0.902. The van der Waals surface area contributed by atoms with Crippen molar-refractivity contribution in [2.24, 2.45) is 11.7 Å². The van der Waals surface area contributed by atoms with E-state index in [-0.39, 0.29) is 23.8 Å². The van der Waals surface area contributed by atoms with Crippen LogP contribution in [0.15, 0.2) is 34.7 Å². The van der Waals surface area contributed by atoms with E-state index in [0.29, 0.717) is 6.54 Å². The Morgan fingerprint density at radius 3 is 2.64 bits per heavy atom. The van der Waals surface area contributed by atoms with Crippen LogP contribution in [-0.2, 0) is 9.59 Å². The van der Waals surface area contributed by atoms with Gasteiger partial charge in [0.25, 0.3) is 0 Å². The number of nitrogens with two attached hydrogens (primary N) is 1. The molecule has 0 radical (unpaired) electrons. The second-order valence-corrected chi connectivity index (χ2v) is 6.82. The SMILES string of the molecule is CC(c1cc2ccccc2o1)N(C)C(=O)CN1CCC(C(N)=O)CC1. The summed E-state index contributed by atoms with van der Waals surface area (Å²) in [4.78, 5) is 27.6. The number of para-hydroxylation sites is 1. The van der Waals surface area contributed by atoms with Crippen LogP contribution in [0.25, 0.3) is 11.0 Å². The first-order chi connectivity index (χ1) is 12.0. The maximum absolute atomic E-state index is 12.6. The largest absolute Gasteiger partial charge is 0.459 e. The summed E-state index contributed by atoms with van der Waals surface area (Å²) < 4.78 is 5.87. The van der Waals surface area contributed by atoms with E-state index < -0.39 is 0 Å². The minimum Gasteiger partial charge on any atom is -0.459 e. The first-order valence-corrected chi connectivity index (χ1v) is 8.71. The lowest BCUT2D eigenvalue weighted by molar-refractivity contribution is -0.133. The van der Waals surface area contributed by atoms with Gasteiger partial charge < -0.3 is 15.1 Å². The summed E-state index contributed by atoms with van der Waals surface area (Å²) in [7, 11) is 1.80. The molecule has 1 unspecified atom stereocenters. The summed E-state index contributed by atoms with van der Waals surface area (Å²) in [6.07, 6.45) is 1.46. The van der Waals surface area contributed by atoms with E-state index in [1.165, 1.54) is 0 Å². The lowest BCUT2D eigenvalue weighted by atomic mass is 9.96. The van der Waals surface area contributed by atoms with Gasteiger partial charge in [-0.05, 0) is 45.0 Å². The van der Waals surface area contributed by atoms with Gasteiger partial charge in [0.05, 0.1) is 12.6 Å². The predicted molar refractivity (Wildman–Crippen MR) is 95.8 cm³/mol. The Kier molecular flexibility index (Phi) is 5.08. The van der Waals surface area contributed by atoms with Crippen LogP contribution in [0.1, 0.15) is 31.6 Å². The van der Waals surface area contributed by atoms with Crippen LogP contribution in [-0.4, -0.2) is 48.3 Å². The van der Waals surface area contributed by atoms with E-state index in [1.54, 1.807) is 11.9 Å². The van der Waals surface area contributed by atoms with Gasteiger partial charge in [-0.3, -0.25) is 14.5 Å². The van der Waals surface area contributed by atoms with Crippen LogP contribution < -0.4 is 5.73 Å². The van der Waals surface area contributed by atoms with Gasteiger partial charge in [-0.25, -0.2) is 0 Å². The zero-order valence-electron chi connectivity index (χ0n) is 14.8. The van der Waals surface area contributed by atoms with Gasteiger partial charge >= 0.3 is 0 Å². The summed E-state index contributed by atoms with van der Waals surface area (Å²) in [5.41, 5.74) is 6.19. The molecule has 2 heterocycles. The van der Waals surface area contributed by atoms with Crippen molar-refractivity contribution in [2.75, 3.05) is 26.7 Å². The molecule has 1 aliphatic heterocycles. The maximum Gasteiger partial charge on any atom is 0.237 e. The van der Waals surface area contributed by atoms with E-state index in [9.17, 15) is 9.59 Å². The minimum absolute atomic E-state index is 0.0467. The Balaban J connectivity index is 1.59. The number of hydrogen-bond donors (Lipinski definition) is 1. The highest BCUT2D eigenvalue weighted by Crippen LogP contribution is 2.27. The number of likely N-dealkylation sites (tertiary alicyclic amines) is 1. The molecule has 2 amide bonds. The maximum atomic E-state index is 12.6. The molecule has 25 heavy (non-hydrogen) atoms. The smallest absolute Gasteiger partial charge is 0.237 e. The molecule has 0 aliphatic carbocycles. The molecule has 1 aliphatic rings. The predicted octanol–water partition coefficient (Wildman–Crippen LogP) is 2.15. The number of piperidine rings is 1. The van der Waals surface area contributed by atoms with Gasteiger partial charge in [-0.15, -0.1) is 0 Å². The third-order valence-corrected chi connectivity index (χ3v) is 5.18. The molecule has 1 atom stereocenters. The number of furan rings is 1. The fourth-order valence-corrected chi connectivity index (χ4v) is 3.29. The number of carbonyl (C=O) groups is 2. The Morgan fingerprint density at radius 1 is 1.32 bits per heavy atom. The molecule has 0 spiro atoms.